The van der Waals surface area contributed by atoms with Crippen molar-refractivity contribution in [3.05, 3.63) is 23.2 Å². The van der Waals surface area contributed by atoms with E-state index in [1.165, 1.54) is 11.8 Å². The Bertz CT molecular complexity index is 448. The van der Waals surface area contributed by atoms with Crippen LogP contribution in [-0.4, -0.2) is 11.0 Å². The van der Waals surface area contributed by atoms with Crippen molar-refractivity contribution in [3.8, 4) is 6.07 Å². The van der Waals surface area contributed by atoms with Crippen LogP contribution in [0, 0.1) is 11.3 Å². The van der Waals surface area contributed by atoms with E-state index < -0.39 is 0 Å². The molecule has 4 heteroatoms. The van der Waals surface area contributed by atoms with Crippen LogP contribution in [0.15, 0.2) is 28.1 Å². The zero-order valence-electron chi connectivity index (χ0n) is 7.49. The molecule has 0 amide bonds. The Kier molecular flexibility index (Phi) is 2.49. The van der Waals surface area contributed by atoms with E-state index in [2.05, 4.69) is 11.1 Å². The molecule has 1 aliphatic rings. The largest absolute Gasteiger partial charge is 0.255 e. The molecule has 1 atom stereocenters. The Balaban J connectivity index is 2.49. The Morgan fingerprint density at radius 3 is 3.07 bits per heavy atom. The standard InChI is InChI=1S/C10H7ClN2S/c1-6-10(5-12)14-9-4-7(11)2-3-8(9)13-6/h2-4,10H,1H3. The lowest BCUT2D eigenvalue weighted by Crippen LogP contribution is -2.13. The van der Waals surface area contributed by atoms with Crippen LogP contribution in [0.25, 0.3) is 0 Å². The third-order valence-electron chi connectivity index (χ3n) is 1.96. The van der Waals surface area contributed by atoms with Gasteiger partial charge in [-0.1, -0.05) is 23.4 Å². The highest BCUT2D eigenvalue weighted by molar-refractivity contribution is 8.01. The fourth-order valence-electron chi connectivity index (χ4n) is 1.26. The number of benzene rings is 1. The molecule has 1 aromatic rings. The quantitative estimate of drug-likeness (QED) is 0.674. The lowest BCUT2D eigenvalue weighted by atomic mass is 10.2. The van der Waals surface area contributed by atoms with Crippen molar-refractivity contribution in [3.63, 3.8) is 0 Å². The molecule has 14 heavy (non-hydrogen) atoms. The highest BCUT2D eigenvalue weighted by Crippen LogP contribution is 2.38. The smallest absolute Gasteiger partial charge is 0.134 e. The summed E-state index contributed by atoms with van der Waals surface area (Å²) in [6.45, 7) is 1.87. The maximum absolute atomic E-state index is 8.87. The van der Waals surface area contributed by atoms with Gasteiger partial charge in [0.05, 0.1) is 11.8 Å². The number of aliphatic imine (C=N–C) groups is 1. The second kappa shape index (κ2) is 3.64. The highest BCUT2D eigenvalue weighted by Gasteiger charge is 2.20. The van der Waals surface area contributed by atoms with Crippen LogP contribution >= 0.6 is 23.4 Å². The van der Waals surface area contributed by atoms with Gasteiger partial charge in [0.15, 0.2) is 0 Å². The summed E-state index contributed by atoms with van der Waals surface area (Å²) in [5.74, 6) is 0. The first-order valence-corrected chi connectivity index (χ1v) is 5.37. The minimum Gasteiger partial charge on any atom is -0.255 e. The number of fused-ring (bicyclic) bond motifs is 1. The number of nitrogens with zero attached hydrogens (tertiary/aromatic N) is 2. The number of hydrogen-bond donors (Lipinski definition) is 0. The fraction of sp³-hybridized carbons (Fsp3) is 0.200. The van der Waals surface area contributed by atoms with Gasteiger partial charge in [0.1, 0.15) is 5.25 Å². The molecule has 0 aliphatic carbocycles. The third kappa shape index (κ3) is 1.63. The van der Waals surface area contributed by atoms with Gasteiger partial charge >= 0.3 is 0 Å². The lowest BCUT2D eigenvalue weighted by molar-refractivity contribution is 1.28. The summed E-state index contributed by atoms with van der Waals surface area (Å²) in [6.07, 6.45) is 0. The lowest BCUT2D eigenvalue weighted by Gasteiger charge is -2.16. The topological polar surface area (TPSA) is 36.1 Å². The van der Waals surface area contributed by atoms with Gasteiger partial charge in [0.2, 0.25) is 0 Å². The van der Waals surface area contributed by atoms with E-state index >= 15 is 0 Å². The highest BCUT2D eigenvalue weighted by atomic mass is 35.5. The molecule has 0 radical (unpaired) electrons. The zero-order chi connectivity index (χ0) is 10.1. The van der Waals surface area contributed by atoms with Gasteiger partial charge in [-0.15, -0.1) is 0 Å². The van der Waals surface area contributed by atoms with Crippen LogP contribution in [0.1, 0.15) is 6.92 Å². The van der Waals surface area contributed by atoms with Gasteiger partial charge < -0.3 is 0 Å². The summed E-state index contributed by atoms with van der Waals surface area (Å²) in [6, 6.07) is 7.74. The van der Waals surface area contributed by atoms with Crippen molar-refractivity contribution in [2.45, 2.75) is 17.1 Å². The molecular formula is C10H7ClN2S. The number of hydrogen-bond acceptors (Lipinski definition) is 3. The zero-order valence-corrected chi connectivity index (χ0v) is 9.06. The van der Waals surface area contributed by atoms with Gasteiger partial charge in [-0.3, -0.25) is 4.99 Å². The van der Waals surface area contributed by atoms with Crippen molar-refractivity contribution in [1.29, 1.82) is 5.26 Å². The number of thioether (sulfide) groups is 1. The summed E-state index contributed by atoms with van der Waals surface area (Å²) in [4.78, 5) is 5.34. The molecule has 2 nitrogen and oxygen atoms in total. The summed E-state index contributed by atoms with van der Waals surface area (Å²) in [7, 11) is 0. The van der Waals surface area contributed by atoms with Gasteiger partial charge in [0, 0.05) is 15.6 Å². The number of rotatable bonds is 0. The van der Waals surface area contributed by atoms with Gasteiger partial charge in [-0.05, 0) is 25.1 Å². The van der Waals surface area contributed by atoms with Gasteiger partial charge in [-0.2, -0.15) is 5.26 Å². The van der Waals surface area contributed by atoms with Crippen LogP contribution in [0.3, 0.4) is 0 Å². The Morgan fingerprint density at radius 1 is 1.57 bits per heavy atom. The molecule has 0 N–H and O–H groups in total. The minimum absolute atomic E-state index is 0.180. The Labute approximate surface area is 91.6 Å². The van der Waals surface area contributed by atoms with E-state index in [1.807, 2.05) is 25.1 Å². The molecule has 0 spiro atoms. The Hall–Kier alpha value is -0.980. The summed E-state index contributed by atoms with van der Waals surface area (Å²) < 4.78 is 0. The van der Waals surface area contributed by atoms with E-state index in [9.17, 15) is 0 Å². The predicted molar refractivity (Wildman–Crippen MR) is 59.5 cm³/mol. The van der Waals surface area contributed by atoms with E-state index in [4.69, 9.17) is 16.9 Å². The van der Waals surface area contributed by atoms with Crippen LogP contribution in [0.5, 0.6) is 0 Å². The number of halogens is 1. The monoisotopic (exact) mass is 222 g/mol. The molecule has 0 fully saturated rings. The Morgan fingerprint density at radius 2 is 2.36 bits per heavy atom. The maximum Gasteiger partial charge on any atom is 0.134 e. The maximum atomic E-state index is 8.87. The second-order valence-electron chi connectivity index (χ2n) is 2.99. The van der Waals surface area contributed by atoms with Crippen LogP contribution < -0.4 is 0 Å². The molecule has 1 heterocycles. The van der Waals surface area contributed by atoms with Crippen LogP contribution in [0.2, 0.25) is 5.02 Å². The second-order valence-corrected chi connectivity index (χ2v) is 4.58. The van der Waals surface area contributed by atoms with E-state index in [1.54, 1.807) is 0 Å². The molecule has 1 aliphatic heterocycles. The van der Waals surface area contributed by atoms with Crippen molar-refractivity contribution in [1.82, 2.24) is 0 Å². The molecule has 0 bridgehead atoms. The molecular weight excluding hydrogens is 216 g/mol. The van der Waals surface area contributed by atoms with Crippen molar-refractivity contribution < 1.29 is 0 Å². The molecule has 0 saturated carbocycles. The van der Waals surface area contributed by atoms with E-state index in [0.29, 0.717) is 5.02 Å². The van der Waals surface area contributed by atoms with Crippen LogP contribution in [0.4, 0.5) is 5.69 Å². The minimum atomic E-state index is -0.180. The normalized spacial score (nSPS) is 19.5. The predicted octanol–water partition coefficient (Wildman–Crippen LogP) is 3.43. The first-order chi connectivity index (χ1) is 6.70. The number of nitriles is 1. The average molecular weight is 223 g/mol. The molecule has 1 aromatic carbocycles. The van der Waals surface area contributed by atoms with E-state index in [0.717, 1.165) is 16.3 Å². The molecule has 1 unspecified atom stereocenters. The molecule has 2 rings (SSSR count). The molecule has 70 valence electrons. The summed E-state index contributed by atoms with van der Waals surface area (Å²) >= 11 is 7.36. The van der Waals surface area contributed by atoms with Gasteiger partial charge in [0.25, 0.3) is 0 Å². The first-order valence-electron chi connectivity index (χ1n) is 4.12. The van der Waals surface area contributed by atoms with Crippen molar-refractivity contribution in [2.75, 3.05) is 0 Å². The van der Waals surface area contributed by atoms with Crippen molar-refractivity contribution in [2.24, 2.45) is 4.99 Å². The fourth-order valence-corrected chi connectivity index (χ4v) is 2.45. The van der Waals surface area contributed by atoms with E-state index in [-0.39, 0.29) is 5.25 Å². The molecule has 0 saturated heterocycles. The average Bonchev–Trinajstić information content (AvgIpc) is 2.17. The van der Waals surface area contributed by atoms with Gasteiger partial charge in [-0.25, -0.2) is 0 Å². The van der Waals surface area contributed by atoms with Crippen molar-refractivity contribution >= 4 is 34.8 Å². The summed E-state index contributed by atoms with van der Waals surface area (Å²) in [5, 5.41) is 9.38. The third-order valence-corrected chi connectivity index (χ3v) is 3.46. The first kappa shape index (κ1) is 9.57. The molecule has 0 aromatic heterocycles. The summed E-state index contributed by atoms with van der Waals surface area (Å²) in [5.41, 5.74) is 1.76. The SMILES string of the molecule is CC1=Nc2ccc(Cl)cc2SC1C#N. The van der Waals surface area contributed by atoms with Crippen LogP contribution in [-0.2, 0) is 0 Å².